The Morgan fingerprint density at radius 1 is 0.667 bits per heavy atom. The highest BCUT2D eigenvalue weighted by Crippen LogP contribution is 2.38. The molecule has 39 heavy (non-hydrogen) atoms. The van der Waals surface area contributed by atoms with Crippen molar-refractivity contribution in [2.24, 2.45) is 11.8 Å². The maximum absolute atomic E-state index is 5.83. The Balaban J connectivity index is 1.87. The molecule has 0 saturated carbocycles. The molecule has 2 fully saturated rings. The Morgan fingerprint density at radius 3 is 1.33 bits per heavy atom. The van der Waals surface area contributed by atoms with Gasteiger partial charge in [-0.2, -0.15) is 15.0 Å². The monoisotopic (exact) mass is 545 g/mol. The van der Waals surface area contributed by atoms with Gasteiger partial charge in [0.2, 0.25) is 11.9 Å². The van der Waals surface area contributed by atoms with Crippen molar-refractivity contribution in [1.82, 2.24) is 25.6 Å². The van der Waals surface area contributed by atoms with Gasteiger partial charge in [-0.3, -0.25) is 0 Å². The number of anilines is 2. The summed E-state index contributed by atoms with van der Waals surface area (Å²) in [4.78, 5) is 14.3. The van der Waals surface area contributed by atoms with Gasteiger partial charge in [0.25, 0.3) is 0 Å². The van der Waals surface area contributed by atoms with Gasteiger partial charge in [-0.15, -0.1) is 0 Å². The van der Waals surface area contributed by atoms with Crippen LogP contribution >= 0.6 is 0 Å². The summed E-state index contributed by atoms with van der Waals surface area (Å²) in [5.41, 5.74) is 0.358. The van der Waals surface area contributed by atoms with Crippen molar-refractivity contribution in [2.75, 3.05) is 17.2 Å². The predicted octanol–water partition coefficient (Wildman–Crippen LogP) is 6.55. The SMILES string of the molecule is CCCC(Nc1nc(NC(CCC)C2CC(C)(C)NC(C)(C)C2)nc(OCC)n1)C1CC(C)(C)NC(C)(C)C1. The molecule has 2 atom stereocenters. The van der Waals surface area contributed by atoms with E-state index in [9.17, 15) is 0 Å². The molecular formula is C31H59N7O. The summed E-state index contributed by atoms with van der Waals surface area (Å²) in [6.45, 7) is 25.6. The average Bonchev–Trinajstić information content (AvgIpc) is 2.74. The van der Waals surface area contributed by atoms with Crippen LogP contribution in [0.4, 0.5) is 11.9 Å². The molecule has 0 spiro atoms. The van der Waals surface area contributed by atoms with Crippen molar-refractivity contribution in [3.8, 4) is 6.01 Å². The molecule has 0 radical (unpaired) electrons. The molecule has 4 N–H and O–H groups in total. The third kappa shape index (κ3) is 9.44. The van der Waals surface area contributed by atoms with Crippen LogP contribution in [0.25, 0.3) is 0 Å². The van der Waals surface area contributed by atoms with E-state index in [1.807, 2.05) is 6.92 Å². The molecule has 2 saturated heterocycles. The number of rotatable bonds is 12. The lowest BCUT2D eigenvalue weighted by molar-refractivity contribution is 0.115. The summed E-state index contributed by atoms with van der Waals surface area (Å²) < 4.78 is 5.83. The zero-order chi connectivity index (χ0) is 29.1. The van der Waals surface area contributed by atoms with E-state index in [-0.39, 0.29) is 34.2 Å². The minimum absolute atomic E-state index is 0.0895. The first kappa shape index (κ1) is 31.9. The lowest BCUT2D eigenvalue weighted by atomic mass is 9.72. The van der Waals surface area contributed by atoms with E-state index in [1.165, 1.54) is 0 Å². The van der Waals surface area contributed by atoms with Crippen molar-refractivity contribution in [3.05, 3.63) is 0 Å². The second-order valence-corrected chi connectivity index (χ2v) is 14.9. The first-order chi connectivity index (χ1) is 18.1. The van der Waals surface area contributed by atoms with Crippen LogP contribution < -0.4 is 26.0 Å². The van der Waals surface area contributed by atoms with Crippen LogP contribution in [0.2, 0.25) is 0 Å². The van der Waals surface area contributed by atoms with Gasteiger partial charge in [-0.1, -0.05) is 26.7 Å². The summed E-state index contributed by atoms with van der Waals surface area (Å²) in [5.74, 6) is 2.27. The first-order valence-electron chi connectivity index (χ1n) is 15.6. The first-order valence-corrected chi connectivity index (χ1v) is 15.6. The van der Waals surface area contributed by atoms with Crippen molar-refractivity contribution in [1.29, 1.82) is 0 Å². The van der Waals surface area contributed by atoms with Crippen molar-refractivity contribution >= 4 is 11.9 Å². The summed E-state index contributed by atoms with van der Waals surface area (Å²) in [7, 11) is 0. The molecule has 0 aromatic carbocycles. The fourth-order valence-corrected chi connectivity index (χ4v) is 7.86. The minimum Gasteiger partial charge on any atom is -0.464 e. The van der Waals surface area contributed by atoms with E-state index >= 15 is 0 Å². The quantitative estimate of drug-likeness (QED) is 0.235. The number of ether oxygens (including phenoxy) is 1. The zero-order valence-corrected chi connectivity index (χ0v) is 26.9. The number of hydrogen-bond acceptors (Lipinski definition) is 8. The molecule has 3 rings (SSSR count). The van der Waals surface area contributed by atoms with Crippen LogP contribution in [-0.2, 0) is 0 Å². The summed E-state index contributed by atoms with van der Waals surface area (Å²) in [6, 6.07) is 0.968. The van der Waals surface area contributed by atoms with Gasteiger partial charge >= 0.3 is 6.01 Å². The second kappa shape index (κ2) is 12.5. The minimum atomic E-state index is 0.0895. The molecule has 0 aliphatic carbocycles. The predicted molar refractivity (Wildman–Crippen MR) is 164 cm³/mol. The Morgan fingerprint density at radius 2 is 1.03 bits per heavy atom. The smallest absolute Gasteiger partial charge is 0.323 e. The van der Waals surface area contributed by atoms with Crippen molar-refractivity contribution in [2.45, 2.75) is 162 Å². The van der Waals surface area contributed by atoms with E-state index in [1.54, 1.807) is 0 Å². The lowest BCUT2D eigenvalue weighted by Crippen LogP contribution is -2.60. The van der Waals surface area contributed by atoms with Gasteiger partial charge in [-0.25, -0.2) is 0 Å². The Kier molecular flexibility index (Phi) is 10.2. The Hall–Kier alpha value is -1.67. The van der Waals surface area contributed by atoms with Crippen molar-refractivity contribution < 1.29 is 4.74 Å². The van der Waals surface area contributed by atoms with Gasteiger partial charge in [0.05, 0.1) is 6.61 Å². The molecule has 2 aliphatic heterocycles. The summed E-state index contributed by atoms with van der Waals surface area (Å²) >= 11 is 0. The number of nitrogens with zero attached hydrogens (tertiary/aromatic N) is 3. The van der Waals surface area contributed by atoms with Crippen LogP contribution in [0.15, 0.2) is 0 Å². The average molecular weight is 546 g/mol. The van der Waals surface area contributed by atoms with E-state index in [4.69, 9.17) is 19.7 Å². The molecule has 1 aromatic rings. The topological polar surface area (TPSA) is 96.0 Å². The second-order valence-electron chi connectivity index (χ2n) is 14.9. The molecule has 8 nitrogen and oxygen atoms in total. The fraction of sp³-hybridized carbons (Fsp3) is 0.903. The maximum atomic E-state index is 5.83. The Labute approximate surface area is 239 Å². The number of piperidine rings is 2. The third-order valence-electron chi connectivity index (χ3n) is 8.30. The standard InChI is InChI=1S/C31H59N7O/c1-12-15-23(21-17-28(4,5)37-29(6,7)18-21)32-25-34-26(36-27(35-25)39-14-3)33-24(16-13-2)22-19-30(8,9)38-31(10,11)20-22/h21-24,37-38H,12-20H2,1-11H3,(H2,32,33,34,35,36). The van der Waals surface area contributed by atoms with Gasteiger partial charge in [-0.05, 0) is 113 Å². The molecule has 2 aliphatic rings. The molecule has 2 unspecified atom stereocenters. The molecule has 0 amide bonds. The highest BCUT2D eigenvalue weighted by Gasteiger charge is 2.42. The number of nitrogens with one attached hydrogen (secondary N) is 4. The maximum Gasteiger partial charge on any atom is 0.323 e. The van der Waals surface area contributed by atoms with E-state index in [0.29, 0.717) is 36.3 Å². The fourth-order valence-electron chi connectivity index (χ4n) is 7.86. The van der Waals surface area contributed by atoms with Crippen LogP contribution in [0.3, 0.4) is 0 Å². The molecule has 8 heteroatoms. The highest BCUT2D eigenvalue weighted by molar-refractivity contribution is 5.38. The Bertz CT molecular complexity index is 829. The zero-order valence-electron chi connectivity index (χ0n) is 26.9. The van der Waals surface area contributed by atoms with Gasteiger partial charge < -0.3 is 26.0 Å². The van der Waals surface area contributed by atoms with Crippen LogP contribution in [0.1, 0.15) is 128 Å². The lowest BCUT2D eigenvalue weighted by Gasteiger charge is -2.49. The molecule has 3 heterocycles. The van der Waals surface area contributed by atoms with Gasteiger partial charge in [0, 0.05) is 34.2 Å². The largest absolute Gasteiger partial charge is 0.464 e. The van der Waals surface area contributed by atoms with Crippen LogP contribution in [-0.4, -0.2) is 55.8 Å². The van der Waals surface area contributed by atoms with Crippen LogP contribution in [0.5, 0.6) is 6.01 Å². The highest BCUT2D eigenvalue weighted by atomic mass is 16.5. The van der Waals surface area contributed by atoms with Gasteiger partial charge in [0.15, 0.2) is 0 Å². The summed E-state index contributed by atoms with van der Waals surface area (Å²) in [6.07, 6.45) is 8.82. The van der Waals surface area contributed by atoms with E-state index in [0.717, 1.165) is 51.4 Å². The van der Waals surface area contributed by atoms with Crippen LogP contribution in [0, 0.1) is 11.8 Å². The summed E-state index contributed by atoms with van der Waals surface area (Å²) in [5, 5.41) is 15.2. The molecule has 224 valence electrons. The third-order valence-corrected chi connectivity index (χ3v) is 8.30. The van der Waals surface area contributed by atoms with Crippen molar-refractivity contribution in [3.63, 3.8) is 0 Å². The number of aromatic nitrogens is 3. The molecular weight excluding hydrogens is 486 g/mol. The van der Waals surface area contributed by atoms with E-state index < -0.39 is 0 Å². The number of hydrogen-bond donors (Lipinski definition) is 4. The molecule has 0 bridgehead atoms. The van der Waals surface area contributed by atoms with E-state index in [2.05, 4.69) is 90.5 Å². The normalized spacial score (nSPS) is 24.1. The molecule has 1 aromatic heterocycles. The van der Waals surface area contributed by atoms with Gasteiger partial charge in [0.1, 0.15) is 0 Å².